The van der Waals surface area contributed by atoms with Crippen molar-refractivity contribution < 1.29 is 14.6 Å². The van der Waals surface area contributed by atoms with Crippen molar-refractivity contribution in [2.75, 3.05) is 0 Å². The van der Waals surface area contributed by atoms with Crippen LogP contribution in [0.4, 0.5) is 0 Å². The molecule has 0 fully saturated rings. The zero-order valence-electron chi connectivity index (χ0n) is 9.18. The van der Waals surface area contributed by atoms with Crippen LogP contribution in [0.3, 0.4) is 0 Å². The second-order valence-corrected chi connectivity index (χ2v) is 3.73. The number of benzene rings is 1. The molecular formula is C12H13NO3. The van der Waals surface area contributed by atoms with E-state index in [4.69, 9.17) is 15.1 Å². The largest absolute Gasteiger partial charge is 0.478 e. The van der Waals surface area contributed by atoms with Crippen molar-refractivity contribution in [3.8, 4) is 11.8 Å². The molecule has 0 radical (unpaired) electrons. The van der Waals surface area contributed by atoms with E-state index < -0.39 is 12.1 Å². The van der Waals surface area contributed by atoms with Crippen molar-refractivity contribution in [1.29, 1.82) is 5.26 Å². The molecule has 4 heteroatoms. The summed E-state index contributed by atoms with van der Waals surface area (Å²) in [5.74, 6) is -0.877. The van der Waals surface area contributed by atoms with Gasteiger partial charge in [0, 0.05) is 5.92 Å². The van der Waals surface area contributed by atoms with Crippen LogP contribution in [-0.4, -0.2) is 17.2 Å². The summed E-state index contributed by atoms with van der Waals surface area (Å²) in [5, 5.41) is 17.8. The third-order valence-corrected chi connectivity index (χ3v) is 2.11. The van der Waals surface area contributed by atoms with E-state index in [0.717, 1.165) is 0 Å². The number of carbonyl (C=O) groups is 1. The van der Waals surface area contributed by atoms with Gasteiger partial charge < -0.3 is 9.84 Å². The van der Waals surface area contributed by atoms with Crippen LogP contribution in [0.2, 0.25) is 0 Å². The predicted octanol–water partition coefficient (Wildman–Crippen LogP) is 2.05. The van der Waals surface area contributed by atoms with E-state index >= 15 is 0 Å². The molecule has 0 saturated heterocycles. The number of nitrogens with zero attached hydrogens (tertiary/aromatic N) is 1. The Morgan fingerprint density at radius 3 is 2.56 bits per heavy atom. The smallest absolute Gasteiger partial charge is 0.345 e. The molecule has 0 amide bonds. The van der Waals surface area contributed by atoms with E-state index in [1.165, 1.54) is 0 Å². The van der Waals surface area contributed by atoms with Gasteiger partial charge in [-0.3, -0.25) is 0 Å². The van der Waals surface area contributed by atoms with E-state index in [9.17, 15) is 4.79 Å². The van der Waals surface area contributed by atoms with Gasteiger partial charge in [0.25, 0.3) is 0 Å². The van der Waals surface area contributed by atoms with Gasteiger partial charge in [0.1, 0.15) is 11.8 Å². The van der Waals surface area contributed by atoms with E-state index in [0.29, 0.717) is 11.3 Å². The van der Waals surface area contributed by atoms with Crippen molar-refractivity contribution in [3.05, 3.63) is 29.8 Å². The lowest BCUT2D eigenvalue weighted by Crippen LogP contribution is -2.32. The maximum absolute atomic E-state index is 10.9. The van der Waals surface area contributed by atoms with Gasteiger partial charge in [-0.2, -0.15) is 5.26 Å². The molecule has 0 spiro atoms. The number of aliphatic carboxylic acids is 1. The Bertz CT molecular complexity index is 421. The van der Waals surface area contributed by atoms with Gasteiger partial charge in [-0.1, -0.05) is 26.0 Å². The first-order valence-corrected chi connectivity index (χ1v) is 4.95. The first-order chi connectivity index (χ1) is 7.56. The Morgan fingerprint density at radius 2 is 2.06 bits per heavy atom. The third-order valence-electron chi connectivity index (χ3n) is 2.11. The van der Waals surface area contributed by atoms with Crippen LogP contribution in [0.15, 0.2) is 24.3 Å². The molecule has 84 valence electrons. The number of rotatable bonds is 4. The molecule has 0 aromatic heterocycles. The highest BCUT2D eigenvalue weighted by molar-refractivity contribution is 5.73. The van der Waals surface area contributed by atoms with Crippen LogP contribution in [0.5, 0.6) is 5.75 Å². The maximum Gasteiger partial charge on any atom is 0.345 e. The summed E-state index contributed by atoms with van der Waals surface area (Å²) >= 11 is 0. The highest BCUT2D eigenvalue weighted by Crippen LogP contribution is 2.20. The van der Waals surface area contributed by atoms with Gasteiger partial charge in [-0.25, -0.2) is 4.79 Å². The zero-order chi connectivity index (χ0) is 12.1. The fourth-order valence-corrected chi connectivity index (χ4v) is 1.27. The van der Waals surface area contributed by atoms with E-state index in [2.05, 4.69) is 0 Å². The zero-order valence-corrected chi connectivity index (χ0v) is 9.18. The molecule has 0 bridgehead atoms. The lowest BCUT2D eigenvalue weighted by atomic mass is 10.1. The molecule has 0 unspecified atom stereocenters. The fourth-order valence-electron chi connectivity index (χ4n) is 1.27. The molecule has 0 aliphatic rings. The molecule has 0 aliphatic heterocycles. The average Bonchev–Trinajstić information content (AvgIpc) is 2.25. The van der Waals surface area contributed by atoms with Crippen LogP contribution in [0.1, 0.15) is 19.4 Å². The summed E-state index contributed by atoms with van der Waals surface area (Å²) in [5.41, 5.74) is 0.342. The fraction of sp³-hybridized carbons (Fsp3) is 0.333. The number of carboxylic acids is 1. The second-order valence-electron chi connectivity index (χ2n) is 3.73. The molecule has 1 rings (SSSR count). The first kappa shape index (κ1) is 12.1. The minimum atomic E-state index is -1.03. The van der Waals surface area contributed by atoms with Gasteiger partial charge in [0.15, 0.2) is 6.10 Å². The normalized spacial score (nSPS) is 11.9. The lowest BCUT2D eigenvalue weighted by Gasteiger charge is -2.18. The first-order valence-electron chi connectivity index (χ1n) is 4.95. The van der Waals surface area contributed by atoms with Crippen molar-refractivity contribution in [2.45, 2.75) is 20.0 Å². The Balaban J connectivity index is 2.94. The molecule has 1 N–H and O–H groups in total. The number of ether oxygens (including phenoxy) is 1. The molecule has 4 nitrogen and oxygen atoms in total. The van der Waals surface area contributed by atoms with Crippen molar-refractivity contribution in [3.63, 3.8) is 0 Å². The molecule has 0 aliphatic carbocycles. The van der Waals surface area contributed by atoms with Gasteiger partial charge in [-0.05, 0) is 12.1 Å². The lowest BCUT2D eigenvalue weighted by molar-refractivity contribution is -0.147. The summed E-state index contributed by atoms with van der Waals surface area (Å²) in [6.07, 6.45) is -0.936. The van der Waals surface area contributed by atoms with Crippen LogP contribution < -0.4 is 4.74 Å². The second kappa shape index (κ2) is 5.17. The number of nitriles is 1. The minimum absolute atomic E-state index is 0.163. The Hall–Kier alpha value is -2.02. The highest BCUT2D eigenvalue weighted by atomic mass is 16.5. The topological polar surface area (TPSA) is 70.3 Å². The average molecular weight is 219 g/mol. The van der Waals surface area contributed by atoms with Crippen molar-refractivity contribution >= 4 is 5.97 Å². The van der Waals surface area contributed by atoms with Crippen LogP contribution in [0, 0.1) is 17.2 Å². The van der Waals surface area contributed by atoms with Gasteiger partial charge in [-0.15, -0.1) is 0 Å². The Morgan fingerprint density at radius 1 is 1.44 bits per heavy atom. The van der Waals surface area contributed by atoms with Gasteiger partial charge >= 0.3 is 5.97 Å². The molecule has 16 heavy (non-hydrogen) atoms. The van der Waals surface area contributed by atoms with Crippen LogP contribution in [-0.2, 0) is 4.79 Å². The molecule has 1 aromatic carbocycles. The van der Waals surface area contributed by atoms with Gasteiger partial charge in [0.05, 0.1) is 5.56 Å². The third kappa shape index (κ3) is 2.74. The number of hydrogen-bond acceptors (Lipinski definition) is 3. The quantitative estimate of drug-likeness (QED) is 0.841. The number of carboxylic acid groups (broad SMARTS) is 1. The number of para-hydroxylation sites is 1. The summed E-state index contributed by atoms with van der Waals surface area (Å²) in [6.45, 7) is 3.52. The maximum atomic E-state index is 10.9. The summed E-state index contributed by atoms with van der Waals surface area (Å²) in [6, 6.07) is 8.56. The molecule has 1 atom stereocenters. The van der Waals surface area contributed by atoms with Crippen LogP contribution >= 0.6 is 0 Å². The minimum Gasteiger partial charge on any atom is -0.478 e. The molecular weight excluding hydrogens is 206 g/mol. The highest BCUT2D eigenvalue weighted by Gasteiger charge is 2.24. The predicted molar refractivity (Wildman–Crippen MR) is 58.0 cm³/mol. The number of hydrogen-bond donors (Lipinski definition) is 1. The van der Waals surface area contributed by atoms with E-state index in [-0.39, 0.29) is 5.92 Å². The van der Waals surface area contributed by atoms with E-state index in [1.54, 1.807) is 38.1 Å². The Labute approximate surface area is 94.1 Å². The Kier molecular flexibility index (Phi) is 3.90. The van der Waals surface area contributed by atoms with Crippen molar-refractivity contribution in [2.24, 2.45) is 5.92 Å². The summed E-state index contributed by atoms with van der Waals surface area (Å²) in [7, 11) is 0. The monoisotopic (exact) mass is 219 g/mol. The summed E-state index contributed by atoms with van der Waals surface area (Å²) < 4.78 is 5.34. The standard InChI is InChI=1S/C12H13NO3/c1-8(2)11(12(14)15)16-10-6-4-3-5-9(10)7-13/h3-6,8,11H,1-2H3,(H,14,15)/t11-/m1/s1. The van der Waals surface area contributed by atoms with E-state index in [1.807, 2.05) is 6.07 Å². The molecule has 0 saturated carbocycles. The SMILES string of the molecule is CC(C)[C@@H](Oc1ccccc1C#N)C(=O)O. The van der Waals surface area contributed by atoms with Crippen molar-refractivity contribution in [1.82, 2.24) is 0 Å². The van der Waals surface area contributed by atoms with Gasteiger partial charge in [0.2, 0.25) is 0 Å². The summed E-state index contributed by atoms with van der Waals surface area (Å²) in [4.78, 5) is 10.9. The van der Waals surface area contributed by atoms with Crippen LogP contribution in [0.25, 0.3) is 0 Å². The molecule has 0 heterocycles. The molecule has 1 aromatic rings.